The molecule has 0 aromatic heterocycles. The van der Waals surface area contributed by atoms with Gasteiger partial charge in [-0.05, 0) is 36.8 Å². The molecule has 2 aromatic carbocycles. The highest BCUT2D eigenvalue weighted by Crippen LogP contribution is 2.29. The molecular formula is C18H21ClN2O4S. The number of benzene rings is 2. The second-order valence-corrected chi connectivity index (χ2v) is 8.11. The number of carbonyl (C=O) groups is 1. The van der Waals surface area contributed by atoms with Crippen molar-refractivity contribution in [1.29, 1.82) is 0 Å². The van der Waals surface area contributed by atoms with Crippen molar-refractivity contribution in [2.75, 3.05) is 29.5 Å². The van der Waals surface area contributed by atoms with E-state index in [-0.39, 0.29) is 18.9 Å². The van der Waals surface area contributed by atoms with Crippen molar-refractivity contribution >= 4 is 38.9 Å². The summed E-state index contributed by atoms with van der Waals surface area (Å²) in [6.45, 7) is 1.84. The topological polar surface area (TPSA) is 75.7 Å². The average molecular weight is 397 g/mol. The summed E-state index contributed by atoms with van der Waals surface area (Å²) < 4.78 is 30.8. The Labute approximate surface area is 158 Å². The van der Waals surface area contributed by atoms with Gasteiger partial charge >= 0.3 is 0 Å². The molecule has 0 saturated carbocycles. The first kappa shape index (κ1) is 20.1. The zero-order valence-electron chi connectivity index (χ0n) is 14.8. The number of hydrogen-bond donors (Lipinski definition) is 1. The Kier molecular flexibility index (Phi) is 6.50. The number of para-hydroxylation sites is 2. The highest BCUT2D eigenvalue weighted by atomic mass is 35.5. The van der Waals surface area contributed by atoms with Crippen LogP contribution >= 0.6 is 11.6 Å². The summed E-state index contributed by atoms with van der Waals surface area (Å²) in [6, 6.07) is 12.0. The number of sulfonamides is 1. The zero-order valence-corrected chi connectivity index (χ0v) is 16.4. The molecule has 0 radical (unpaired) electrons. The van der Waals surface area contributed by atoms with Crippen LogP contribution in [0.25, 0.3) is 0 Å². The zero-order chi connectivity index (χ0) is 19.3. The fourth-order valence-corrected chi connectivity index (χ4v) is 3.55. The van der Waals surface area contributed by atoms with Gasteiger partial charge in [0.25, 0.3) is 0 Å². The Hall–Kier alpha value is -2.25. The summed E-state index contributed by atoms with van der Waals surface area (Å²) in [5.74, 6) is 0.114. The SMILES string of the molecule is COc1ccccc1N(CCC(=O)Nc1cc(Cl)ccc1C)S(C)(=O)=O. The second kappa shape index (κ2) is 8.42. The van der Waals surface area contributed by atoms with E-state index in [0.29, 0.717) is 22.1 Å². The first-order chi connectivity index (χ1) is 12.2. The summed E-state index contributed by atoms with van der Waals surface area (Å²) in [5, 5.41) is 3.27. The molecule has 0 aliphatic carbocycles. The number of carbonyl (C=O) groups excluding carboxylic acids is 1. The largest absolute Gasteiger partial charge is 0.495 e. The first-order valence-electron chi connectivity index (χ1n) is 7.89. The van der Waals surface area contributed by atoms with Gasteiger partial charge in [0.15, 0.2) is 0 Å². The lowest BCUT2D eigenvalue weighted by molar-refractivity contribution is -0.116. The van der Waals surface area contributed by atoms with E-state index in [0.717, 1.165) is 16.1 Å². The fourth-order valence-electron chi connectivity index (χ4n) is 2.45. The van der Waals surface area contributed by atoms with Crippen LogP contribution in [0.2, 0.25) is 5.02 Å². The lowest BCUT2D eigenvalue weighted by Gasteiger charge is -2.24. The monoisotopic (exact) mass is 396 g/mol. The maximum Gasteiger partial charge on any atom is 0.232 e. The predicted octanol–water partition coefficient (Wildman–Crippen LogP) is 3.45. The van der Waals surface area contributed by atoms with Crippen LogP contribution in [-0.4, -0.2) is 34.2 Å². The van der Waals surface area contributed by atoms with Crippen molar-refractivity contribution in [3.63, 3.8) is 0 Å². The van der Waals surface area contributed by atoms with Crippen molar-refractivity contribution in [2.24, 2.45) is 0 Å². The van der Waals surface area contributed by atoms with Crippen LogP contribution in [0.3, 0.4) is 0 Å². The number of aryl methyl sites for hydroxylation is 1. The number of rotatable bonds is 7. The smallest absolute Gasteiger partial charge is 0.232 e. The van der Waals surface area contributed by atoms with Gasteiger partial charge in [-0.15, -0.1) is 0 Å². The third kappa shape index (κ3) is 5.12. The molecule has 1 amide bonds. The lowest BCUT2D eigenvalue weighted by atomic mass is 10.2. The van der Waals surface area contributed by atoms with Gasteiger partial charge in [0.2, 0.25) is 15.9 Å². The number of amides is 1. The van der Waals surface area contributed by atoms with Crippen molar-refractivity contribution in [1.82, 2.24) is 0 Å². The van der Waals surface area contributed by atoms with Crippen LogP contribution < -0.4 is 14.4 Å². The minimum atomic E-state index is -3.58. The highest BCUT2D eigenvalue weighted by Gasteiger charge is 2.21. The molecule has 0 aliphatic rings. The molecule has 0 heterocycles. The number of hydrogen-bond acceptors (Lipinski definition) is 4. The van der Waals surface area contributed by atoms with Gasteiger partial charge in [-0.1, -0.05) is 29.8 Å². The van der Waals surface area contributed by atoms with Gasteiger partial charge in [-0.25, -0.2) is 8.42 Å². The van der Waals surface area contributed by atoms with Crippen molar-refractivity contribution < 1.29 is 17.9 Å². The molecule has 0 aliphatic heterocycles. The van der Waals surface area contributed by atoms with Crippen LogP contribution in [0.5, 0.6) is 5.75 Å². The average Bonchev–Trinajstić information content (AvgIpc) is 2.57. The third-order valence-corrected chi connectivity index (χ3v) is 5.18. The molecule has 8 heteroatoms. The summed E-state index contributed by atoms with van der Waals surface area (Å²) in [7, 11) is -2.12. The minimum absolute atomic E-state index is 0.00927. The Balaban J connectivity index is 2.15. The molecule has 0 atom stereocenters. The molecule has 2 aromatic rings. The van der Waals surface area contributed by atoms with E-state index in [4.69, 9.17) is 16.3 Å². The molecule has 1 N–H and O–H groups in total. The molecule has 0 bridgehead atoms. The summed E-state index contributed by atoms with van der Waals surface area (Å²) in [6.07, 6.45) is 1.08. The Morgan fingerprint density at radius 2 is 1.92 bits per heavy atom. The minimum Gasteiger partial charge on any atom is -0.495 e. The summed E-state index contributed by atoms with van der Waals surface area (Å²) in [4.78, 5) is 12.3. The highest BCUT2D eigenvalue weighted by molar-refractivity contribution is 7.92. The molecule has 140 valence electrons. The predicted molar refractivity (Wildman–Crippen MR) is 105 cm³/mol. The fraction of sp³-hybridized carbons (Fsp3) is 0.278. The number of anilines is 2. The maximum atomic E-state index is 12.3. The van der Waals surface area contributed by atoms with Gasteiger partial charge in [0.1, 0.15) is 5.75 Å². The lowest BCUT2D eigenvalue weighted by Crippen LogP contribution is -2.33. The Morgan fingerprint density at radius 3 is 2.58 bits per heavy atom. The summed E-state index contributed by atoms with van der Waals surface area (Å²) in [5.41, 5.74) is 1.86. The molecule has 6 nitrogen and oxygen atoms in total. The molecule has 0 fully saturated rings. The van der Waals surface area contributed by atoms with Crippen molar-refractivity contribution in [3.8, 4) is 5.75 Å². The number of halogens is 1. The third-order valence-electron chi connectivity index (χ3n) is 3.77. The molecule has 2 rings (SSSR count). The molecule has 0 unspecified atom stereocenters. The summed E-state index contributed by atoms with van der Waals surface area (Å²) >= 11 is 5.95. The quantitative estimate of drug-likeness (QED) is 0.777. The number of ether oxygens (including phenoxy) is 1. The van der Waals surface area contributed by atoms with Gasteiger partial charge in [0.05, 0.1) is 19.1 Å². The Bertz CT molecular complexity index is 900. The number of methoxy groups -OCH3 is 1. The molecule has 0 saturated heterocycles. The first-order valence-corrected chi connectivity index (χ1v) is 10.1. The van der Waals surface area contributed by atoms with Crippen molar-refractivity contribution in [3.05, 3.63) is 53.1 Å². The van der Waals surface area contributed by atoms with E-state index in [1.54, 1.807) is 42.5 Å². The van der Waals surface area contributed by atoms with Crippen LogP contribution in [0.4, 0.5) is 11.4 Å². The second-order valence-electron chi connectivity index (χ2n) is 5.76. The van der Waals surface area contributed by atoms with E-state index in [1.165, 1.54) is 7.11 Å². The standard InChI is InChI=1S/C18H21ClN2O4S/c1-13-8-9-14(19)12-15(13)20-18(22)10-11-21(26(3,23)24)16-6-4-5-7-17(16)25-2/h4-9,12H,10-11H2,1-3H3,(H,20,22). The van der Waals surface area contributed by atoms with E-state index in [2.05, 4.69) is 5.32 Å². The maximum absolute atomic E-state index is 12.3. The van der Waals surface area contributed by atoms with E-state index in [1.807, 2.05) is 6.92 Å². The van der Waals surface area contributed by atoms with E-state index < -0.39 is 10.0 Å². The molecule has 0 spiro atoms. The van der Waals surface area contributed by atoms with Crippen LogP contribution in [-0.2, 0) is 14.8 Å². The van der Waals surface area contributed by atoms with E-state index >= 15 is 0 Å². The van der Waals surface area contributed by atoms with Crippen LogP contribution in [0.15, 0.2) is 42.5 Å². The molecular weight excluding hydrogens is 376 g/mol. The van der Waals surface area contributed by atoms with Gasteiger partial charge in [-0.3, -0.25) is 9.10 Å². The number of nitrogens with zero attached hydrogens (tertiary/aromatic N) is 1. The van der Waals surface area contributed by atoms with Gasteiger partial charge in [0, 0.05) is 23.7 Å². The normalized spacial score (nSPS) is 11.1. The van der Waals surface area contributed by atoms with Crippen molar-refractivity contribution in [2.45, 2.75) is 13.3 Å². The Morgan fingerprint density at radius 1 is 1.23 bits per heavy atom. The van der Waals surface area contributed by atoms with Crippen LogP contribution in [0, 0.1) is 6.92 Å². The number of nitrogens with one attached hydrogen (secondary N) is 1. The van der Waals surface area contributed by atoms with Gasteiger partial charge < -0.3 is 10.1 Å². The van der Waals surface area contributed by atoms with Gasteiger partial charge in [-0.2, -0.15) is 0 Å². The van der Waals surface area contributed by atoms with E-state index in [9.17, 15) is 13.2 Å². The van der Waals surface area contributed by atoms with Crippen LogP contribution in [0.1, 0.15) is 12.0 Å². The molecule has 26 heavy (non-hydrogen) atoms.